The topological polar surface area (TPSA) is 58.2 Å². The van der Waals surface area contributed by atoms with Crippen LogP contribution >= 0.6 is 27.5 Å². The lowest BCUT2D eigenvalue weighted by Crippen LogP contribution is -2.38. The van der Waals surface area contributed by atoms with Crippen molar-refractivity contribution in [2.45, 2.75) is 17.7 Å². The minimum Gasteiger partial charge on any atom is -0.316 e. The van der Waals surface area contributed by atoms with Gasteiger partial charge in [-0.1, -0.05) is 11.6 Å². The average Bonchev–Trinajstić information content (AvgIpc) is 2.36. The quantitative estimate of drug-likeness (QED) is 0.837. The van der Waals surface area contributed by atoms with Crippen LogP contribution < -0.4 is 10.0 Å². The molecule has 2 rings (SSSR count). The Morgan fingerprint density at radius 2 is 2.25 bits per heavy atom. The van der Waals surface area contributed by atoms with Crippen LogP contribution in [0, 0.1) is 11.7 Å². The van der Waals surface area contributed by atoms with Crippen LogP contribution in [-0.2, 0) is 10.0 Å². The average molecular weight is 386 g/mol. The van der Waals surface area contributed by atoms with Crippen LogP contribution in [0.3, 0.4) is 0 Å². The first kappa shape index (κ1) is 16.2. The van der Waals surface area contributed by atoms with Gasteiger partial charge in [-0.05, 0) is 59.9 Å². The molecule has 0 saturated carbocycles. The van der Waals surface area contributed by atoms with E-state index in [1.165, 1.54) is 0 Å². The largest absolute Gasteiger partial charge is 0.316 e. The first-order chi connectivity index (χ1) is 9.40. The van der Waals surface area contributed by atoms with Gasteiger partial charge in [0.1, 0.15) is 10.7 Å². The summed E-state index contributed by atoms with van der Waals surface area (Å²) in [6, 6.07) is 2.08. The Hall–Kier alpha value is -0.210. The molecular formula is C12H15BrClFN2O2S. The van der Waals surface area contributed by atoms with Gasteiger partial charge >= 0.3 is 0 Å². The van der Waals surface area contributed by atoms with E-state index in [-0.39, 0.29) is 20.3 Å². The molecule has 20 heavy (non-hydrogen) atoms. The highest BCUT2D eigenvalue weighted by Gasteiger charge is 2.24. The summed E-state index contributed by atoms with van der Waals surface area (Å²) in [5, 5.41) is 3.09. The third-order valence-corrected chi connectivity index (χ3v) is 6.01. The molecule has 1 aliphatic heterocycles. The highest BCUT2D eigenvalue weighted by Crippen LogP contribution is 2.30. The van der Waals surface area contributed by atoms with Crippen LogP contribution in [0.1, 0.15) is 12.8 Å². The van der Waals surface area contributed by atoms with Crippen LogP contribution in [0.15, 0.2) is 21.5 Å². The first-order valence-corrected chi connectivity index (χ1v) is 8.90. The minimum atomic E-state index is -3.76. The van der Waals surface area contributed by atoms with Crippen molar-refractivity contribution in [3.63, 3.8) is 0 Å². The number of hydrogen-bond acceptors (Lipinski definition) is 3. The van der Waals surface area contributed by atoms with E-state index in [0.717, 1.165) is 38.1 Å². The SMILES string of the molecule is O=S(=O)(NC[C@@H]1CCCNC1)c1c(Cl)cc(F)cc1Br. The number of piperidine rings is 1. The van der Waals surface area contributed by atoms with Gasteiger partial charge in [0.15, 0.2) is 0 Å². The maximum atomic E-state index is 13.1. The molecule has 0 bridgehead atoms. The predicted octanol–water partition coefficient (Wildman–Crippen LogP) is 2.52. The fraction of sp³-hybridized carbons (Fsp3) is 0.500. The Labute approximate surface area is 131 Å². The standard InChI is InChI=1S/C12H15BrClFN2O2S/c13-10-4-9(15)5-11(14)12(10)20(18,19)17-7-8-2-1-3-16-6-8/h4-5,8,16-17H,1-3,6-7H2/t8-/m1/s1. The van der Waals surface area contributed by atoms with Crippen molar-refractivity contribution < 1.29 is 12.8 Å². The van der Waals surface area contributed by atoms with E-state index < -0.39 is 15.8 Å². The molecule has 8 heteroatoms. The van der Waals surface area contributed by atoms with Crippen LogP contribution in [-0.4, -0.2) is 28.1 Å². The Bertz CT molecular complexity index is 568. The summed E-state index contributed by atoms with van der Waals surface area (Å²) >= 11 is 8.88. The van der Waals surface area contributed by atoms with E-state index >= 15 is 0 Å². The lowest BCUT2D eigenvalue weighted by Gasteiger charge is -2.23. The molecule has 2 N–H and O–H groups in total. The van der Waals surface area contributed by atoms with Gasteiger partial charge in [-0.25, -0.2) is 17.5 Å². The summed E-state index contributed by atoms with van der Waals surface area (Å²) in [6.45, 7) is 2.11. The van der Waals surface area contributed by atoms with Gasteiger partial charge < -0.3 is 5.32 Å². The maximum Gasteiger partial charge on any atom is 0.243 e. The van der Waals surface area contributed by atoms with Crippen molar-refractivity contribution in [2.75, 3.05) is 19.6 Å². The van der Waals surface area contributed by atoms with Crippen molar-refractivity contribution in [3.8, 4) is 0 Å². The third kappa shape index (κ3) is 3.92. The zero-order chi connectivity index (χ0) is 14.8. The van der Waals surface area contributed by atoms with Gasteiger partial charge in [0.05, 0.1) is 5.02 Å². The fourth-order valence-electron chi connectivity index (χ4n) is 2.18. The van der Waals surface area contributed by atoms with Crippen LogP contribution in [0.2, 0.25) is 5.02 Å². The van der Waals surface area contributed by atoms with Gasteiger partial charge in [0.2, 0.25) is 10.0 Å². The fourth-order valence-corrected chi connectivity index (χ4v) is 5.11. The molecule has 1 heterocycles. The van der Waals surface area contributed by atoms with Gasteiger partial charge in [-0.3, -0.25) is 0 Å². The van der Waals surface area contributed by atoms with Crippen molar-refractivity contribution >= 4 is 37.6 Å². The van der Waals surface area contributed by atoms with Gasteiger partial charge in [0.25, 0.3) is 0 Å². The second kappa shape index (κ2) is 6.70. The zero-order valence-electron chi connectivity index (χ0n) is 10.6. The molecule has 0 aliphatic carbocycles. The number of rotatable bonds is 4. The highest BCUT2D eigenvalue weighted by atomic mass is 79.9. The molecule has 112 valence electrons. The van der Waals surface area contributed by atoms with Gasteiger partial charge in [-0.2, -0.15) is 0 Å². The summed E-state index contributed by atoms with van der Waals surface area (Å²) in [5.41, 5.74) is 0. The van der Waals surface area contributed by atoms with E-state index in [4.69, 9.17) is 11.6 Å². The van der Waals surface area contributed by atoms with E-state index in [9.17, 15) is 12.8 Å². The number of benzene rings is 1. The van der Waals surface area contributed by atoms with Crippen molar-refractivity contribution in [3.05, 3.63) is 27.4 Å². The van der Waals surface area contributed by atoms with E-state index in [2.05, 4.69) is 26.0 Å². The highest BCUT2D eigenvalue weighted by molar-refractivity contribution is 9.10. The molecule has 4 nitrogen and oxygen atoms in total. The molecule has 0 amide bonds. The molecule has 1 aromatic carbocycles. The van der Waals surface area contributed by atoms with E-state index in [0.29, 0.717) is 6.54 Å². The number of halogens is 3. The monoisotopic (exact) mass is 384 g/mol. The van der Waals surface area contributed by atoms with Crippen molar-refractivity contribution in [1.29, 1.82) is 0 Å². The van der Waals surface area contributed by atoms with Gasteiger partial charge in [-0.15, -0.1) is 0 Å². The summed E-state index contributed by atoms with van der Waals surface area (Å²) in [4.78, 5) is -0.121. The molecule has 1 fully saturated rings. The lowest BCUT2D eigenvalue weighted by molar-refractivity contribution is 0.376. The molecular weight excluding hydrogens is 371 g/mol. The molecule has 0 spiro atoms. The number of sulfonamides is 1. The summed E-state index contributed by atoms with van der Waals surface area (Å²) in [7, 11) is -3.76. The normalized spacial score (nSPS) is 20.1. The summed E-state index contributed by atoms with van der Waals surface area (Å²) in [5.74, 6) is -0.325. The molecule has 1 saturated heterocycles. The van der Waals surface area contributed by atoms with Crippen LogP contribution in [0.5, 0.6) is 0 Å². The van der Waals surface area contributed by atoms with E-state index in [1.807, 2.05) is 0 Å². The second-order valence-corrected chi connectivity index (χ2v) is 7.73. The molecule has 1 aliphatic rings. The van der Waals surface area contributed by atoms with E-state index in [1.54, 1.807) is 0 Å². The zero-order valence-corrected chi connectivity index (χ0v) is 13.8. The summed E-state index contributed by atoms with van der Waals surface area (Å²) < 4.78 is 40.3. The van der Waals surface area contributed by atoms with Crippen molar-refractivity contribution in [2.24, 2.45) is 5.92 Å². The lowest BCUT2D eigenvalue weighted by atomic mass is 10.0. The Morgan fingerprint density at radius 1 is 1.50 bits per heavy atom. The Kier molecular flexibility index (Phi) is 5.42. The molecule has 0 radical (unpaired) electrons. The van der Waals surface area contributed by atoms with Crippen LogP contribution in [0.25, 0.3) is 0 Å². The smallest absolute Gasteiger partial charge is 0.243 e. The summed E-state index contributed by atoms with van der Waals surface area (Å²) in [6.07, 6.45) is 2.02. The third-order valence-electron chi connectivity index (χ3n) is 3.19. The van der Waals surface area contributed by atoms with Crippen molar-refractivity contribution in [1.82, 2.24) is 10.0 Å². The minimum absolute atomic E-state index is 0.121. The molecule has 1 atom stereocenters. The molecule has 0 unspecified atom stereocenters. The number of hydrogen-bond donors (Lipinski definition) is 2. The first-order valence-electron chi connectivity index (χ1n) is 6.25. The van der Waals surface area contributed by atoms with Gasteiger partial charge in [0, 0.05) is 11.0 Å². The second-order valence-electron chi connectivity index (χ2n) is 4.76. The molecule has 0 aromatic heterocycles. The maximum absolute atomic E-state index is 13.1. The number of nitrogens with one attached hydrogen (secondary N) is 2. The Morgan fingerprint density at radius 3 is 2.85 bits per heavy atom. The Balaban J connectivity index is 2.14. The molecule has 1 aromatic rings. The predicted molar refractivity (Wildman–Crippen MR) is 79.9 cm³/mol. The van der Waals surface area contributed by atoms with Crippen LogP contribution in [0.4, 0.5) is 4.39 Å².